The molecule has 0 saturated heterocycles. The molecule has 86 valence electrons. The van der Waals surface area contributed by atoms with Gasteiger partial charge in [0, 0.05) is 24.2 Å². The highest BCUT2D eigenvalue weighted by Gasteiger charge is 2.17. The summed E-state index contributed by atoms with van der Waals surface area (Å²) in [5, 5.41) is 17.6. The van der Waals surface area contributed by atoms with Gasteiger partial charge in [0.1, 0.15) is 0 Å². The van der Waals surface area contributed by atoms with Crippen molar-refractivity contribution >= 4 is 11.9 Å². The Kier molecular flexibility index (Phi) is 6.37. The van der Waals surface area contributed by atoms with Gasteiger partial charge in [-0.15, -0.1) is 0 Å². The molecule has 0 rings (SSSR count). The van der Waals surface area contributed by atoms with Crippen molar-refractivity contribution in [3.05, 3.63) is 11.1 Å². The zero-order valence-electron chi connectivity index (χ0n) is 8.95. The molecular formula is C10H16O5. The average molecular weight is 216 g/mol. The van der Waals surface area contributed by atoms with E-state index in [-0.39, 0.29) is 30.6 Å². The van der Waals surface area contributed by atoms with E-state index in [0.29, 0.717) is 6.61 Å². The number of ether oxygens (including phenoxy) is 1. The molecule has 5 nitrogen and oxygen atoms in total. The summed E-state index contributed by atoms with van der Waals surface area (Å²) in [6, 6.07) is 0. The van der Waals surface area contributed by atoms with Crippen LogP contribution in [-0.2, 0) is 14.3 Å². The fourth-order valence-electron chi connectivity index (χ4n) is 1.20. The van der Waals surface area contributed by atoms with Gasteiger partial charge < -0.3 is 14.9 Å². The van der Waals surface area contributed by atoms with Crippen molar-refractivity contribution in [2.45, 2.75) is 26.7 Å². The van der Waals surface area contributed by atoms with Gasteiger partial charge in [-0.3, -0.25) is 0 Å². The van der Waals surface area contributed by atoms with Gasteiger partial charge >= 0.3 is 11.9 Å². The monoisotopic (exact) mass is 216 g/mol. The minimum Gasteiger partial charge on any atom is -0.478 e. The van der Waals surface area contributed by atoms with Crippen LogP contribution in [0.2, 0.25) is 0 Å². The van der Waals surface area contributed by atoms with Crippen molar-refractivity contribution in [2.75, 3.05) is 13.2 Å². The predicted octanol–water partition coefficient (Wildman–Crippen LogP) is 1.29. The summed E-state index contributed by atoms with van der Waals surface area (Å²) in [7, 11) is 0. The van der Waals surface area contributed by atoms with Crippen LogP contribution in [0.25, 0.3) is 0 Å². The molecule has 0 aromatic heterocycles. The van der Waals surface area contributed by atoms with Crippen LogP contribution in [0.1, 0.15) is 26.7 Å². The molecule has 5 heteroatoms. The smallest absolute Gasteiger partial charge is 0.332 e. The minimum atomic E-state index is -1.19. The van der Waals surface area contributed by atoms with E-state index in [1.165, 1.54) is 0 Å². The van der Waals surface area contributed by atoms with E-state index < -0.39 is 11.9 Å². The minimum absolute atomic E-state index is 0.0535. The summed E-state index contributed by atoms with van der Waals surface area (Å²) < 4.78 is 5.00. The second-order valence-electron chi connectivity index (χ2n) is 2.87. The maximum absolute atomic E-state index is 10.8. The fourth-order valence-corrected chi connectivity index (χ4v) is 1.20. The number of hydrogen-bond donors (Lipinski definition) is 2. The summed E-state index contributed by atoms with van der Waals surface area (Å²) in [5.74, 6) is -2.36. The summed E-state index contributed by atoms with van der Waals surface area (Å²) in [4.78, 5) is 21.6. The quantitative estimate of drug-likeness (QED) is 0.495. The van der Waals surface area contributed by atoms with Crippen LogP contribution in [0.15, 0.2) is 11.1 Å². The first-order valence-corrected chi connectivity index (χ1v) is 4.80. The van der Waals surface area contributed by atoms with Crippen LogP contribution in [0, 0.1) is 0 Å². The number of carboxylic acid groups (broad SMARTS) is 2. The molecule has 0 spiro atoms. The first-order chi connectivity index (χ1) is 7.04. The number of carboxylic acids is 2. The largest absolute Gasteiger partial charge is 0.478 e. The molecule has 15 heavy (non-hydrogen) atoms. The highest BCUT2D eigenvalue weighted by atomic mass is 16.5. The topological polar surface area (TPSA) is 83.8 Å². The van der Waals surface area contributed by atoms with Gasteiger partial charge in [0.15, 0.2) is 0 Å². The highest BCUT2D eigenvalue weighted by molar-refractivity contribution is 5.98. The van der Waals surface area contributed by atoms with Crippen molar-refractivity contribution in [3.8, 4) is 0 Å². The Morgan fingerprint density at radius 3 is 1.93 bits per heavy atom. The maximum Gasteiger partial charge on any atom is 0.332 e. The lowest BCUT2D eigenvalue weighted by Gasteiger charge is -2.07. The van der Waals surface area contributed by atoms with Gasteiger partial charge in [-0.25, -0.2) is 9.59 Å². The zero-order valence-corrected chi connectivity index (χ0v) is 8.95. The third-order valence-corrected chi connectivity index (χ3v) is 1.93. The van der Waals surface area contributed by atoms with Crippen molar-refractivity contribution in [1.29, 1.82) is 0 Å². The second-order valence-corrected chi connectivity index (χ2v) is 2.87. The van der Waals surface area contributed by atoms with Gasteiger partial charge in [0.05, 0.1) is 6.61 Å². The van der Waals surface area contributed by atoms with Crippen LogP contribution in [0.5, 0.6) is 0 Å². The van der Waals surface area contributed by atoms with Crippen LogP contribution in [0.3, 0.4) is 0 Å². The normalized spacial score (nSPS) is 12.1. The lowest BCUT2D eigenvalue weighted by atomic mass is 10.0. The molecule has 0 aliphatic carbocycles. The van der Waals surface area contributed by atoms with Crippen LogP contribution < -0.4 is 0 Å². The number of hydrogen-bond acceptors (Lipinski definition) is 3. The van der Waals surface area contributed by atoms with Gasteiger partial charge in [0.25, 0.3) is 0 Å². The first kappa shape index (κ1) is 13.6. The van der Waals surface area contributed by atoms with E-state index in [4.69, 9.17) is 14.9 Å². The Labute approximate surface area is 88.4 Å². The Morgan fingerprint density at radius 2 is 1.60 bits per heavy atom. The van der Waals surface area contributed by atoms with E-state index in [1.807, 2.05) is 0 Å². The standard InChI is InChI=1S/C10H16O5/c1-3-7(9(11)12)8(10(13)14)5-6-15-4-2/h3-6H2,1-2H3,(H,11,12)(H,13,14)/b8-7+. The molecule has 0 heterocycles. The lowest BCUT2D eigenvalue weighted by Crippen LogP contribution is -2.13. The van der Waals surface area contributed by atoms with Gasteiger partial charge in [-0.2, -0.15) is 0 Å². The van der Waals surface area contributed by atoms with E-state index in [0.717, 1.165) is 0 Å². The van der Waals surface area contributed by atoms with Crippen LogP contribution >= 0.6 is 0 Å². The van der Waals surface area contributed by atoms with E-state index in [1.54, 1.807) is 13.8 Å². The summed E-state index contributed by atoms with van der Waals surface area (Å²) >= 11 is 0. The maximum atomic E-state index is 10.8. The number of carbonyl (C=O) groups is 2. The zero-order chi connectivity index (χ0) is 11.8. The van der Waals surface area contributed by atoms with Crippen molar-refractivity contribution in [3.63, 3.8) is 0 Å². The summed E-state index contributed by atoms with van der Waals surface area (Å²) in [5.41, 5.74) is -0.124. The molecule has 2 N–H and O–H groups in total. The molecule has 0 aliphatic rings. The third-order valence-electron chi connectivity index (χ3n) is 1.93. The van der Waals surface area contributed by atoms with Crippen molar-refractivity contribution < 1.29 is 24.5 Å². The SMILES string of the molecule is CCOCC/C(C(=O)O)=C(/CC)C(=O)O. The summed E-state index contributed by atoms with van der Waals surface area (Å²) in [6.07, 6.45) is 0.321. The van der Waals surface area contributed by atoms with Crippen LogP contribution in [0.4, 0.5) is 0 Å². The second kappa shape index (κ2) is 7.00. The molecule has 0 aromatic carbocycles. The molecule has 0 bridgehead atoms. The Bertz CT molecular complexity index is 267. The summed E-state index contributed by atoms with van der Waals surface area (Å²) in [6.45, 7) is 4.13. The van der Waals surface area contributed by atoms with Crippen molar-refractivity contribution in [2.24, 2.45) is 0 Å². The molecule has 0 aliphatic heterocycles. The van der Waals surface area contributed by atoms with E-state index in [9.17, 15) is 9.59 Å². The van der Waals surface area contributed by atoms with Gasteiger partial charge in [-0.1, -0.05) is 6.92 Å². The third kappa shape index (κ3) is 4.60. The van der Waals surface area contributed by atoms with Gasteiger partial charge in [0.2, 0.25) is 0 Å². The molecule has 0 saturated carbocycles. The Morgan fingerprint density at radius 1 is 1.07 bits per heavy atom. The first-order valence-electron chi connectivity index (χ1n) is 4.80. The molecule has 0 aromatic rings. The predicted molar refractivity (Wildman–Crippen MR) is 53.7 cm³/mol. The van der Waals surface area contributed by atoms with Crippen molar-refractivity contribution in [1.82, 2.24) is 0 Å². The van der Waals surface area contributed by atoms with Gasteiger partial charge in [-0.05, 0) is 13.3 Å². The Balaban J connectivity index is 4.75. The molecular weight excluding hydrogens is 200 g/mol. The molecule has 0 unspecified atom stereocenters. The lowest BCUT2D eigenvalue weighted by molar-refractivity contribution is -0.136. The molecule has 0 atom stereocenters. The highest BCUT2D eigenvalue weighted by Crippen LogP contribution is 2.13. The number of rotatable bonds is 7. The molecule has 0 amide bonds. The molecule has 0 fully saturated rings. The molecule has 0 radical (unpaired) electrons. The van der Waals surface area contributed by atoms with E-state index in [2.05, 4.69) is 0 Å². The number of aliphatic carboxylic acids is 2. The average Bonchev–Trinajstić information content (AvgIpc) is 2.16. The Hall–Kier alpha value is -1.36. The fraction of sp³-hybridized carbons (Fsp3) is 0.600. The van der Waals surface area contributed by atoms with Crippen LogP contribution in [-0.4, -0.2) is 35.4 Å². The van der Waals surface area contributed by atoms with E-state index >= 15 is 0 Å².